The molecule has 0 radical (unpaired) electrons. The van der Waals surface area contributed by atoms with E-state index in [1.807, 2.05) is 0 Å². The first-order valence-corrected chi connectivity index (χ1v) is 4.72. The van der Waals surface area contributed by atoms with Gasteiger partial charge in [0.15, 0.2) is 0 Å². The minimum atomic E-state index is -4.97. The van der Waals surface area contributed by atoms with Gasteiger partial charge in [-0.1, -0.05) is 6.07 Å². The van der Waals surface area contributed by atoms with Gasteiger partial charge in [-0.25, -0.2) is 0 Å². The Hall–Kier alpha value is -1.28. The van der Waals surface area contributed by atoms with E-state index in [0.717, 1.165) is 0 Å². The topological polar surface area (TPSA) is 46.2 Å². The minimum Gasteiger partial charge on any atom is -0.394 e. The van der Waals surface area contributed by atoms with E-state index in [9.17, 15) is 26.3 Å². The highest BCUT2D eigenvalue weighted by Gasteiger charge is 2.38. The maximum Gasteiger partial charge on any atom is 0.416 e. The minimum absolute atomic E-state index is 0.00907. The normalized spacial score (nSPS) is 14.7. The summed E-state index contributed by atoms with van der Waals surface area (Å²) in [6.45, 7) is -0.797. The molecule has 0 unspecified atom stereocenters. The predicted octanol–water partition coefficient (Wildman–Crippen LogP) is 2.72. The standard InChI is InChI=1S/C10H9F6NO/c11-9(12,13)5-1-2-6(8(17)4-18)7(3-5)10(14,15)16/h1-3,8,18H,4,17H2/t8-/m0/s1. The van der Waals surface area contributed by atoms with Crippen LogP contribution < -0.4 is 5.73 Å². The van der Waals surface area contributed by atoms with E-state index < -0.39 is 41.7 Å². The molecule has 8 heteroatoms. The smallest absolute Gasteiger partial charge is 0.394 e. The van der Waals surface area contributed by atoms with Crippen molar-refractivity contribution < 1.29 is 31.4 Å². The van der Waals surface area contributed by atoms with Crippen molar-refractivity contribution in [3.05, 3.63) is 34.9 Å². The molecule has 0 heterocycles. The third-order valence-electron chi connectivity index (χ3n) is 2.28. The maximum atomic E-state index is 12.6. The van der Waals surface area contributed by atoms with E-state index in [1.165, 1.54) is 0 Å². The molecule has 0 aliphatic rings. The van der Waals surface area contributed by atoms with Crippen LogP contribution in [0.5, 0.6) is 0 Å². The van der Waals surface area contributed by atoms with Gasteiger partial charge in [0.05, 0.1) is 23.8 Å². The predicted molar refractivity (Wildman–Crippen MR) is 50.5 cm³/mol. The number of aliphatic hydroxyl groups is 1. The maximum absolute atomic E-state index is 12.6. The van der Waals surface area contributed by atoms with Crippen LogP contribution in [0.4, 0.5) is 26.3 Å². The molecule has 18 heavy (non-hydrogen) atoms. The molecule has 1 atom stereocenters. The molecular weight excluding hydrogens is 264 g/mol. The molecule has 0 saturated carbocycles. The van der Waals surface area contributed by atoms with Crippen molar-refractivity contribution in [2.75, 3.05) is 6.61 Å². The third kappa shape index (κ3) is 3.14. The molecular formula is C10H9F6NO. The fraction of sp³-hybridized carbons (Fsp3) is 0.400. The van der Waals surface area contributed by atoms with Crippen molar-refractivity contribution in [1.82, 2.24) is 0 Å². The van der Waals surface area contributed by atoms with Gasteiger partial charge in [0.25, 0.3) is 0 Å². The van der Waals surface area contributed by atoms with E-state index in [1.54, 1.807) is 0 Å². The van der Waals surface area contributed by atoms with E-state index >= 15 is 0 Å². The van der Waals surface area contributed by atoms with Gasteiger partial charge in [0.2, 0.25) is 0 Å². The Morgan fingerprint density at radius 3 is 2.00 bits per heavy atom. The van der Waals surface area contributed by atoms with Gasteiger partial charge in [-0.05, 0) is 17.7 Å². The zero-order valence-electron chi connectivity index (χ0n) is 8.81. The van der Waals surface area contributed by atoms with Crippen LogP contribution in [0.2, 0.25) is 0 Å². The monoisotopic (exact) mass is 273 g/mol. The lowest BCUT2D eigenvalue weighted by molar-refractivity contribution is -0.143. The molecule has 0 aromatic heterocycles. The molecule has 1 rings (SSSR count). The van der Waals surface area contributed by atoms with Gasteiger partial charge in [0, 0.05) is 0 Å². The van der Waals surface area contributed by atoms with Crippen LogP contribution in [-0.4, -0.2) is 11.7 Å². The Kier molecular flexibility index (Phi) is 3.92. The van der Waals surface area contributed by atoms with Crippen LogP contribution >= 0.6 is 0 Å². The number of aliphatic hydroxyl groups excluding tert-OH is 1. The highest BCUT2D eigenvalue weighted by atomic mass is 19.4. The number of rotatable bonds is 2. The summed E-state index contributed by atoms with van der Waals surface area (Å²) in [5.74, 6) is 0. The first-order valence-electron chi connectivity index (χ1n) is 4.72. The quantitative estimate of drug-likeness (QED) is 0.814. The number of halogens is 6. The van der Waals surface area contributed by atoms with E-state index in [0.29, 0.717) is 12.1 Å². The van der Waals surface area contributed by atoms with Crippen molar-refractivity contribution in [2.45, 2.75) is 18.4 Å². The fourth-order valence-electron chi connectivity index (χ4n) is 1.40. The van der Waals surface area contributed by atoms with Gasteiger partial charge < -0.3 is 10.8 Å². The van der Waals surface area contributed by atoms with Crippen LogP contribution in [0.25, 0.3) is 0 Å². The third-order valence-corrected chi connectivity index (χ3v) is 2.28. The second kappa shape index (κ2) is 4.77. The van der Waals surface area contributed by atoms with Crippen LogP contribution in [0.3, 0.4) is 0 Å². The summed E-state index contributed by atoms with van der Waals surface area (Å²) in [4.78, 5) is 0. The lowest BCUT2D eigenvalue weighted by atomic mass is 9.98. The van der Waals surface area contributed by atoms with Gasteiger partial charge >= 0.3 is 12.4 Å². The molecule has 0 saturated heterocycles. The average Bonchev–Trinajstić information content (AvgIpc) is 2.24. The van der Waals surface area contributed by atoms with Crippen LogP contribution in [0.15, 0.2) is 18.2 Å². The Bertz CT molecular complexity index is 425. The van der Waals surface area contributed by atoms with Crippen LogP contribution in [0.1, 0.15) is 22.7 Å². The Morgan fingerprint density at radius 2 is 1.61 bits per heavy atom. The molecule has 0 spiro atoms. The molecule has 0 bridgehead atoms. The van der Waals surface area contributed by atoms with Gasteiger partial charge in [-0.2, -0.15) is 26.3 Å². The van der Waals surface area contributed by atoms with Crippen molar-refractivity contribution in [3.8, 4) is 0 Å². The summed E-state index contributed by atoms with van der Waals surface area (Å²) in [5, 5.41) is 8.69. The zero-order valence-corrected chi connectivity index (χ0v) is 8.81. The highest BCUT2D eigenvalue weighted by Crippen LogP contribution is 2.38. The van der Waals surface area contributed by atoms with E-state index in [-0.39, 0.29) is 6.07 Å². The summed E-state index contributed by atoms with van der Waals surface area (Å²) in [7, 11) is 0. The SMILES string of the molecule is N[C@@H](CO)c1ccc(C(F)(F)F)cc1C(F)(F)F. The van der Waals surface area contributed by atoms with Gasteiger partial charge in [-0.3, -0.25) is 0 Å². The molecule has 1 aromatic carbocycles. The first kappa shape index (κ1) is 14.8. The van der Waals surface area contributed by atoms with E-state index in [4.69, 9.17) is 10.8 Å². The Balaban J connectivity index is 3.40. The molecule has 0 aliphatic heterocycles. The second-order valence-electron chi connectivity index (χ2n) is 3.59. The lowest BCUT2D eigenvalue weighted by Gasteiger charge is -2.18. The van der Waals surface area contributed by atoms with Gasteiger partial charge in [0.1, 0.15) is 0 Å². The summed E-state index contributed by atoms with van der Waals surface area (Å²) in [6.07, 6.45) is -9.84. The largest absolute Gasteiger partial charge is 0.416 e. The fourth-order valence-corrected chi connectivity index (χ4v) is 1.40. The number of benzene rings is 1. The molecule has 2 nitrogen and oxygen atoms in total. The van der Waals surface area contributed by atoms with Crippen molar-refractivity contribution >= 4 is 0 Å². The summed E-state index contributed by atoms with van der Waals surface area (Å²) >= 11 is 0. The van der Waals surface area contributed by atoms with Crippen LogP contribution in [-0.2, 0) is 12.4 Å². The van der Waals surface area contributed by atoms with Crippen LogP contribution in [0, 0.1) is 0 Å². The average molecular weight is 273 g/mol. The first-order chi connectivity index (χ1) is 8.07. The summed E-state index contributed by atoms with van der Waals surface area (Å²) < 4.78 is 74.8. The summed E-state index contributed by atoms with van der Waals surface area (Å²) in [5.41, 5.74) is 1.75. The highest BCUT2D eigenvalue weighted by molar-refractivity contribution is 5.37. The zero-order chi connectivity index (χ0) is 14.1. The van der Waals surface area contributed by atoms with E-state index in [2.05, 4.69) is 0 Å². The molecule has 102 valence electrons. The molecule has 3 N–H and O–H groups in total. The number of nitrogens with two attached hydrogens (primary N) is 1. The number of hydrogen-bond acceptors (Lipinski definition) is 2. The molecule has 0 aliphatic carbocycles. The number of alkyl halides is 6. The summed E-state index contributed by atoms with van der Waals surface area (Å²) in [6, 6.07) is -0.263. The lowest BCUT2D eigenvalue weighted by Crippen LogP contribution is -2.21. The molecule has 0 amide bonds. The Morgan fingerprint density at radius 1 is 1.06 bits per heavy atom. The Labute approximate surface area is 98.0 Å². The molecule has 0 fully saturated rings. The second-order valence-corrected chi connectivity index (χ2v) is 3.59. The van der Waals surface area contributed by atoms with Crippen molar-refractivity contribution in [2.24, 2.45) is 5.73 Å². The van der Waals surface area contributed by atoms with Crippen molar-refractivity contribution in [1.29, 1.82) is 0 Å². The van der Waals surface area contributed by atoms with Crippen molar-refractivity contribution in [3.63, 3.8) is 0 Å². The molecule has 1 aromatic rings. The van der Waals surface area contributed by atoms with Gasteiger partial charge in [-0.15, -0.1) is 0 Å². The number of hydrogen-bond donors (Lipinski definition) is 2.